The fourth-order valence-corrected chi connectivity index (χ4v) is 2.83. The predicted octanol–water partition coefficient (Wildman–Crippen LogP) is 2.50. The largest absolute Gasteiger partial charge is 0.318 e. The Hall–Kier alpha value is -1.66. The Morgan fingerprint density at radius 2 is 2.25 bits per heavy atom. The first-order valence-corrected chi connectivity index (χ1v) is 7.01. The SMILES string of the molecule is CC1CCCN(Cc2ccc(NN)c([N+](=O)[O-])c2)C1C. The van der Waals surface area contributed by atoms with E-state index in [2.05, 4.69) is 24.2 Å². The van der Waals surface area contributed by atoms with Crippen molar-refractivity contribution in [3.63, 3.8) is 0 Å². The zero-order chi connectivity index (χ0) is 14.7. The van der Waals surface area contributed by atoms with Crippen LogP contribution in [0.4, 0.5) is 11.4 Å². The molecule has 0 spiro atoms. The molecule has 1 saturated heterocycles. The number of nitrogens with one attached hydrogen (secondary N) is 1. The summed E-state index contributed by atoms with van der Waals surface area (Å²) in [7, 11) is 0. The van der Waals surface area contributed by atoms with Crippen molar-refractivity contribution in [1.29, 1.82) is 0 Å². The number of piperidine rings is 1. The molecule has 0 radical (unpaired) electrons. The van der Waals surface area contributed by atoms with Gasteiger partial charge in [-0.25, -0.2) is 0 Å². The first-order chi connectivity index (χ1) is 9.52. The van der Waals surface area contributed by atoms with Crippen LogP contribution in [0.5, 0.6) is 0 Å². The Bertz CT molecular complexity index is 492. The van der Waals surface area contributed by atoms with Crippen molar-refractivity contribution in [1.82, 2.24) is 4.90 Å². The van der Waals surface area contributed by atoms with Crippen molar-refractivity contribution < 1.29 is 4.92 Å². The second-order valence-electron chi connectivity index (χ2n) is 5.58. The molecule has 1 aromatic carbocycles. The van der Waals surface area contributed by atoms with Gasteiger partial charge in [0, 0.05) is 18.7 Å². The van der Waals surface area contributed by atoms with E-state index in [9.17, 15) is 10.1 Å². The van der Waals surface area contributed by atoms with Gasteiger partial charge >= 0.3 is 0 Å². The van der Waals surface area contributed by atoms with Crippen molar-refractivity contribution in [2.75, 3.05) is 12.0 Å². The average Bonchev–Trinajstić information content (AvgIpc) is 2.43. The summed E-state index contributed by atoms with van der Waals surface area (Å²) in [5.41, 5.74) is 3.70. The number of anilines is 1. The second-order valence-corrected chi connectivity index (χ2v) is 5.58. The molecule has 0 bridgehead atoms. The Balaban J connectivity index is 2.17. The zero-order valence-electron chi connectivity index (χ0n) is 12.0. The summed E-state index contributed by atoms with van der Waals surface area (Å²) in [6.07, 6.45) is 2.45. The van der Waals surface area contributed by atoms with Crippen molar-refractivity contribution >= 4 is 11.4 Å². The van der Waals surface area contributed by atoms with Gasteiger partial charge in [0.1, 0.15) is 5.69 Å². The lowest BCUT2D eigenvalue weighted by molar-refractivity contribution is -0.384. The van der Waals surface area contributed by atoms with Gasteiger partial charge in [0.25, 0.3) is 5.69 Å². The predicted molar refractivity (Wildman–Crippen MR) is 79.2 cm³/mol. The van der Waals surface area contributed by atoms with Gasteiger partial charge in [0.2, 0.25) is 0 Å². The van der Waals surface area contributed by atoms with Crippen molar-refractivity contribution in [2.24, 2.45) is 11.8 Å². The molecule has 3 N–H and O–H groups in total. The molecule has 1 fully saturated rings. The third-order valence-corrected chi connectivity index (χ3v) is 4.30. The van der Waals surface area contributed by atoms with E-state index in [-0.39, 0.29) is 5.69 Å². The van der Waals surface area contributed by atoms with E-state index < -0.39 is 4.92 Å². The monoisotopic (exact) mass is 278 g/mol. The molecule has 1 aromatic rings. The number of hydrogen-bond donors (Lipinski definition) is 2. The van der Waals surface area contributed by atoms with Gasteiger partial charge in [-0.2, -0.15) is 0 Å². The number of nitrogen functional groups attached to an aromatic ring is 1. The fraction of sp³-hybridized carbons (Fsp3) is 0.571. The number of nitrogens with zero attached hydrogens (tertiary/aromatic N) is 2. The molecule has 2 rings (SSSR count). The highest BCUT2D eigenvalue weighted by Gasteiger charge is 2.25. The molecule has 0 aromatic heterocycles. The minimum atomic E-state index is -0.402. The van der Waals surface area contributed by atoms with E-state index in [0.717, 1.165) is 18.7 Å². The normalized spacial score (nSPS) is 23.6. The Morgan fingerprint density at radius 1 is 1.50 bits per heavy atom. The Labute approximate surface area is 119 Å². The topological polar surface area (TPSA) is 84.4 Å². The van der Waals surface area contributed by atoms with Crippen LogP contribution < -0.4 is 11.3 Å². The second kappa shape index (κ2) is 6.19. The lowest BCUT2D eigenvalue weighted by atomic mass is 9.91. The third-order valence-electron chi connectivity index (χ3n) is 4.30. The van der Waals surface area contributed by atoms with Crippen LogP contribution in [0.3, 0.4) is 0 Å². The highest BCUT2D eigenvalue weighted by molar-refractivity contribution is 5.61. The average molecular weight is 278 g/mol. The summed E-state index contributed by atoms with van der Waals surface area (Å²) in [6, 6.07) is 5.69. The molecular weight excluding hydrogens is 256 g/mol. The van der Waals surface area contributed by atoms with Gasteiger partial charge in [-0.15, -0.1) is 0 Å². The maximum atomic E-state index is 11.0. The zero-order valence-corrected chi connectivity index (χ0v) is 12.0. The smallest absolute Gasteiger partial charge is 0.293 e. The van der Waals surface area contributed by atoms with Gasteiger partial charge in [-0.05, 0) is 43.9 Å². The summed E-state index contributed by atoms with van der Waals surface area (Å²) in [5.74, 6) is 5.97. The molecule has 6 nitrogen and oxygen atoms in total. The Kier molecular flexibility index (Phi) is 4.57. The number of nitro groups is 1. The molecule has 2 atom stereocenters. The van der Waals surface area contributed by atoms with Gasteiger partial charge in [-0.3, -0.25) is 20.9 Å². The van der Waals surface area contributed by atoms with Crippen molar-refractivity contribution in [3.05, 3.63) is 33.9 Å². The van der Waals surface area contributed by atoms with Crippen LogP contribution in [0.15, 0.2) is 18.2 Å². The lowest BCUT2D eigenvalue weighted by Crippen LogP contribution is -2.41. The molecule has 0 amide bonds. The van der Waals surface area contributed by atoms with E-state index in [1.165, 1.54) is 12.8 Å². The minimum absolute atomic E-state index is 0.0303. The van der Waals surface area contributed by atoms with E-state index in [1.54, 1.807) is 12.1 Å². The van der Waals surface area contributed by atoms with E-state index in [4.69, 9.17) is 5.84 Å². The van der Waals surface area contributed by atoms with Crippen molar-refractivity contribution in [2.45, 2.75) is 39.3 Å². The van der Waals surface area contributed by atoms with Gasteiger partial charge in [0.15, 0.2) is 0 Å². The number of rotatable bonds is 4. The summed E-state index contributed by atoms with van der Waals surface area (Å²) < 4.78 is 0. The molecule has 1 aliphatic rings. The van der Waals surface area contributed by atoms with Crippen LogP contribution in [-0.2, 0) is 6.54 Å². The van der Waals surface area contributed by atoms with E-state index >= 15 is 0 Å². The molecular formula is C14H22N4O2. The molecule has 110 valence electrons. The highest BCUT2D eigenvalue weighted by atomic mass is 16.6. The maximum Gasteiger partial charge on any atom is 0.293 e. The maximum absolute atomic E-state index is 11.0. The number of hydrogen-bond acceptors (Lipinski definition) is 5. The highest BCUT2D eigenvalue weighted by Crippen LogP contribution is 2.28. The fourth-order valence-electron chi connectivity index (χ4n) is 2.83. The van der Waals surface area contributed by atoms with Crippen LogP contribution in [0.25, 0.3) is 0 Å². The summed E-state index contributed by atoms with van der Waals surface area (Å²) in [5, 5.41) is 11.0. The summed E-state index contributed by atoms with van der Waals surface area (Å²) in [6.45, 7) is 6.29. The first-order valence-electron chi connectivity index (χ1n) is 7.01. The number of nitro benzene ring substituents is 1. The standard InChI is InChI=1S/C14H22N4O2/c1-10-4-3-7-17(11(10)2)9-12-5-6-13(16-15)14(8-12)18(19)20/h5-6,8,10-11,16H,3-4,7,9,15H2,1-2H3. The van der Waals surface area contributed by atoms with E-state index in [1.807, 2.05) is 6.07 Å². The first kappa shape index (κ1) is 14.7. The molecule has 2 unspecified atom stereocenters. The van der Waals surface area contributed by atoms with Crippen LogP contribution in [-0.4, -0.2) is 22.4 Å². The third kappa shape index (κ3) is 3.08. The van der Waals surface area contributed by atoms with Crippen LogP contribution in [0, 0.1) is 16.0 Å². The van der Waals surface area contributed by atoms with Crippen LogP contribution in [0.2, 0.25) is 0 Å². The molecule has 20 heavy (non-hydrogen) atoms. The van der Waals surface area contributed by atoms with Crippen LogP contribution in [0.1, 0.15) is 32.3 Å². The van der Waals surface area contributed by atoms with Gasteiger partial charge in [-0.1, -0.05) is 13.0 Å². The molecule has 0 saturated carbocycles. The van der Waals surface area contributed by atoms with Crippen molar-refractivity contribution in [3.8, 4) is 0 Å². The number of nitrogens with two attached hydrogens (primary N) is 1. The quantitative estimate of drug-likeness (QED) is 0.502. The van der Waals surface area contributed by atoms with Crippen LogP contribution >= 0.6 is 0 Å². The summed E-state index contributed by atoms with van der Waals surface area (Å²) in [4.78, 5) is 13.0. The minimum Gasteiger partial charge on any atom is -0.318 e. The van der Waals surface area contributed by atoms with Gasteiger partial charge in [0.05, 0.1) is 4.92 Å². The molecule has 0 aliphatic carbocycles. The number of benzene rings is 1. The molecule has 1 aliphatic heterocycles. The van der Waals surface area contributed by atoms with E-state index in [0.29, 0.717) is 17.6 Å². The molecule has 1 heterocycles. The number of likely N-dealkylation sites (tertiary alicyclic amines) is 1. The number of hydrazine groups is 1. The van der Waals surface area contributed by atoms with Gasteiger partial charge < -0.3 is 5.43 Å². The lowest BCUT2D eigenvalue weighted by Gasteiger charge is -2.37. The molecule has 6 heteroatoms. The summed E-state index contributed by atoms with van der Waals surface area (Å²) >= 11 is 0. The Morgan fingerprint density at radius 3 is 2.90 bits per heavy atom.